The van der Waals surface area contributed by atoms with Crippen molar-refractivity contribution in [1.29, 1.82) is 0 Å². The van der Waals surface area contributed by atoms with Gasteiger partial charge < -0.3 is 15.7 Å². The van der Waals surface area contributed by atoms with Crippen LogP contribution in [0.15, 0.2) is 24.3 Å². The largest absolute Gasteiger partial charge is 0.387 e. The number of β-amino-alcohol motifs (C(OH)–C–C–N with tert-alkyl or cyclic N) is 1. The van der Waals surface area contributed by atoms with Crippen molar-refractivity contribution < 1.29 is 5.11 Å². The Hall–Kier alpha value is -0.770. The van der Waals surface area contributed by atoms with Gasteiger partial charge in [0.2, 0.25) is 0 Å². The Morgan fingerprint density at radius 3 is 2.94 bits per heavy atom. The zero-order valence-corrected chi connectivity index (χ0v) is 9.93. The SMILES string of the molecule is OC1(CNc2ccccc2Cl)CCCNC1. The molecule has 0 spiro atoms. The number of rotatable bonds is 3. The lowest BCUT2D eigenvalue weighted by Gasteiger charge is -2.33. The summed E-state index contributed by atoms with van der Waals surface area (Å²) in [6, 6.07) is 7.58. The maximum atomic E-state index is 10.3. The van der Waals surface area contributed by atoms with E-state index in [1.54, 1.807) is 0 Å². The zero-order valence-electron chi connectivity index (χ0n) is 9.17. The van der Waals surface area contributed by atoms with Gasteiger partial charge in [0.15, 0.2) is 0 Å². The first kappa shape index (κ1) is 11.7. The molecule has 1 aliphatic heterocycles. The molecule has 2 rings (SSSR count). The van der Waals surface area contributed by atoms with Crippen LogP contribution in [0.25, 0.3) is 0 Å². The van der Waals surface area contributed by atoms with Gasteiger partial charge in [-0.3, -0.25) is 0 Å². The van der Waals surface area contributed by atoms with Gasteiger partial charge in [-0.2, -0.15) is 0 Å². The van der Waals surface area contributed by atoms with Gasteiger partial charge in [0.05, 0.1) is 16.3 Å². The van der Waals surface area contributed by atoms with Gasteiger partial charge in [-0.05, 0) is 31.5 Å². The Morgan fingerprint density at radius 2 is 2.25 bits per heavy atom. The summed E-state index contributed by atoms with van der Waals surface area (Å²) >= 11 is 6.03. The molecule has 1 aromatic rings. The molecule has 0 aliphatic carbocycles. The highest BCUT2D eigenvalue weighted by Crippen LogP contribution is 2.22. The van der Waals surface area contributed by atoms with Gasteiger partial charge >= 0.3 is 0 Å². The predicted molar refractivity (Wildman–Crippen MR) is 67.0 cm³/mol. The molecular formula is C12H17ClN2O. The van der Waals surface area contributed by atoms with Crippen LogP contribution in [0, 0.1) is 0 Å². The fourth-order valence-electron chi connectivity index (χ4n) is 1.97. The number of para-hydroxylation sites is 1. The summed E-state index contributed by atoms with van der Waals surface area (Å²) in [6.45, 7) is 2.17. The highest BCUT2D eigenvalue weighted by molar-refractivity contribution is 6.33. The Balaban J connectivity index is 1.94. The number of hydrogen-bond donors (Lipinski definition) is 3. The topological polar surface area (TPSA) is 44.3 Å². The van der Waals surface area contributed by atoms with E-state index in [4.69, 9.17) is 11.6 Å². The van der Waals surface area contributed by atoms with Crippen molar-refractivity contribution in [3.05, 3.63) is 29.3 Å². The maximum absolute atomic E-state index is 10.3. The summed E-state index contributed by atoms with van der Waals surface area (Å²) in [4.78, 5) is 0. The second-order valence-corrected chi connectivity index (χ2v) is 4.75. The van der Waals surface area contributed by atoms with E-state index in [2.05, 4.69) is 10.6 Å². The van der Waals surface area contributed by atoms with Gasteiger partial charge in [-0.25, -0.2) is 0 Å². The number of aliphatic hydroxyl groups is 1. The summed E-state index contributed by atoms with van der Waals surface area (Å²) in [7, 11) is 0. The van der Waals surface area contributed by atoms with Crippen LogP contribution in [0.4, 0.5) is 5.69 Å². The molecule has 1 saturated heterocycles. The molecule has 0 radical (unpaired) electrons. The number of hydrogen-bond acceptors (Lipinski definition) is 3. The normalized spacial score (nSPS) is 25.4. The second-order valence-electron chi connectivity index (χ2n) is 4.34. The molecule has 1 aliphatic rings. The van der Waals surface area contributed by atoms with E-state index >= 15 is 0 Å². The predicted octanol–water partition coefficient (Wildman–Crippen LogP) is 1.87. The monoisotopic (exact) mass is 240 g/mol. The van der Waals surface area contributed by atoms with E-state index in [9.17, 15) is 5.11 Å². The van der Waals surface area contributed by atoms with Crippen LogP contribution >= 0.6 is 11.6 Å². The molecule has 1 unspecified atom stereocenters. The Labute approximate surface area is 101 Å². The number of anilines is 1. The quantitative estimate of drug-likeness (QED) is 0.756. The lowest BCUT2D eigenvalue weighted by atomic mass is 9.94. The fourth-order valence-corrected chi connectivity index (χ4v) is 2.17. The smallest absolute Gasteiger partial charge is 0.0943 e. The Kier molecular flexibility index (Phi) is 3.69. The maximum Gasteiger partial charge on any atom is 0.0943 e. The molecule has 0 amide bonds. The van der Waals surface area contributed by atoms with Crippen molar-refractivity contribution in [2.24, 2.45) is 0 Å². The minimum atomic E-state index is -0.655. The number of nitrogens with one attached hydrogen (secondary N) is 2. The van der Waals surface area contributed by atoms with Crippen LogP contribution in [0.3, 0.4) is 0 Å². The van der Waals surface area contributed by atoms with E-state index in [0.29, 0.717) is 18.1 Å². The molecule has 1 aromatic carbocycles. The third kappa shape index (κ3) is 2.88. The van der Waals surface area contributed by atoms with Crippen molar-refractivity contribution >= 4 is 17.3 Å². The summed E-state index contributed by atoms with van der Waals surface area (Å²) in [5.74, 6) is 0. The number of halogens is 1. The molecule has 4 heteroatoms. The lowest BCUT2D eigenvalue weighted by Crippen LogP contribution is -2.50. The molecule has 3 N–H and O–H groups in total. The molecule has 3 nitrogen and oxygen atoms in total. The molecule has 16 heavy (non-hydrogen) atoms. The summed E-state index contributed by atoms with van der Waals surface area (Å²) < 4.78 is 0. The third-order valence-electron chi connectivity index (χ3n) is 2.93. The summed E-state index contributed by atoms with van der Waals surface area (Å²) in [5, 5.41) is 17.3. The molecule has 0 saturated carbocycles. The first-order chi connectivity index (χ1) is 7.70. The van der Waals surface area contributed by atoms with E-state index < -0.39 is 5.60 Å². The highest BCUT2D eigenvalue weighted by atomic mass is 35.5. The van der Waals surface area contributed by atoms with Crippen LogP contribution in [-0.4, -0.2) is 30.3 Å². The second kappa shape index (κ2) is 5.04. The minimum Gasteiger partial charge on any atom is -0.387 e. The van der Waals surface area contributed by atoms with E-state index in [0.717, 1.165) is 25.1 Å². The average Bonchev–Trinajstić information content (AvgIpc) is 2.29. The standard InChI is InChI=1S/C12H17ClN2O/c13-10-4-1-2-5-11(10)15-9-12(16)6-3-7-14-8-12/h1-2,4-5,14-16H,3,6-9H2. The van der Waals surface area contributed by atoms with Gasteiger partial charge in [-0.1, -0.05) is 23.7 Å². The molecule has 1 atom stereocenters. The van der Waals surface area contributed by atoms with Gasteiger partial charge in [-0.15, -0.1) is 0 Å². The van der Waals surface area contributed by atoms with Crippen LogP contribution in [0.1, 0.15) is 12.8 Å². The van der Waals surface area contributed by atoms with Crippen molar-refractivity contribution in [1.82, 2.24) is 5.32 Å². The van der Waals surface area contributed by atoms with Crippen LogP contribution in [0.2, 0.25) is 5.02 Å². The Morgan fingerprint density at radius 1 is 1.44 bits per heavy atom. The van der Waals surface area contributed by atoms with Crippen LogP contribution < -0.4 is 10.6 Å². The van der Waals surface area contributed by atoms with Gasteiger partial charge in [0.1, 0.15) is 0 Å². The van der Waals surface area contributed by atoms with Gasteiger partial charge in [0, 0.05) is 13.1 Å². The first-order valence-electron chi connectivity index (χ1n) is 5.61. The first-order valence-corrected chi connectivity index (χ1v) is 5.99. The van der Waals surface area contributed by atoms with Crippen molar-refractivity contribution in [3.8, 4) is 0 Å². The number of benzene rings is 1. The van der Waals surface area contributed by atoms with Gasteiger partial charge in [0.25, 0.3) is 0 Å². The fraction of sp³-hybridized carbons (Fsp3) is 0.500. The van der Waals surface area contributed by atoms with Crippen LogP contribution in [-0.2, 0) is 0 Å². The minimum absolute atomic E-state index is 0.531. The molecule has 0 aromatic heterocycles. The van der Waals surface area contributed by atoms with E-state index in [-0.39, 0.29) is 0 Å². The lowest BCUT2D eigenvalue weighted by molar-refractivity contribution is 0.0292. The number of piperidine rings is 1. The van der Waals surface area contributed by atoms with Crippen molar-refractivity contribution in [2.75, 3.05) is 25.0 Å². The third-order valence-corrected chi connectivity index (χ3v) is 3.26. The molecule has 0 bridgehead atoms. The van der Waals surface area contributed by atoms with Crippen molar-refractivity contribution in [3.63, 3.8) is 0 Å². The Bertz CT molecular complexity index is 351. The zero-order chi connectivity index (χ0) is 11.4. The highest BCUT2D eigenvalue weighted by Gasteiger charge is 2.28. The summed E-state index contributed by atoms with van der Waals surface area (Å²) in [6.07, 6.45) is 1.85. The van der Waals surface area contributed by atoms with Crippen molar-refractivity contribution in [2.45, 2.75) is 18.4 Å². The van der Waals surface area contributed by atoms with E-state index in [1.165, 1.54) is 0 Å². The molecular weight excluding hydrogens is 224 g/mol. The molecule has 1 heterocycles. The van der Waals surface area contributed by atoms with Crippen LogP contribution in [0.5, 0.6) is 0 Å². The molecule has 88 valence electrons. The summed E-state index contributed by atoms with van der Waals surface area (Å²) in [5.41, 5.74) is 0.223. The average molecular weight is 241 g/mol. The van der Waals surface area contributed by atoms with E-state index in [1.807, 2.05) is 24.3 Å². The molecule has 1 fully saturated rings.